The molecule has 1 aliphatic rings. The second-order valence-corrected chi connectivity index (χ2v) is 7.13. The molecular formula is C19H19FN2OS. The summed E-state index contributed by atoms with van der Waals surface area (Å²) in [5, 5.41) is 7.49. The van der Waals surface area contributed by atoms with E-state index in [2.05, 4.69) is 0 Å². The monoisotopic (exact) mass is 342 g/mol. The molecule has 0 bridgehead atoms. The Morgan fingerprint density at radius 1 is 1.29 bits per heavy atom. The van der Waals surface area contributed by atoms with Gasteiger partial charge in [0.15, 0.2) is 0 Å². The van der Waals surface area contributed by atoms with Gasteiger partial charge in [-0.1, -0.05) is 24.3 Å². The topological polar surface area (TPSA) is 44.2 Å². The van der Waals surface area contributed by atoms with Gasteiger partial charge in [-0.25, -0.2) is 4.39 Å². The second kappa shape index (κ2) is 6.77. The fourth-order valence-electron chi connectivity index (χ4n) is 2.96. The van der Waals surface area contributed by atoms with E-state index in [9.17, 15) is 9.18 Å². The van der Waals surface area contributed by atoms with Gasteiger partial charge in [0, 0.05) is 17.8 Å². The van der Waals surface area contributed by atoms with Crippen LogP contribution < -0.4 is 4.90 Å². The van der Waals surface area contributed by atoms with Crippen LogP contribution in [0.5, 0.6) is 0 Å². The number of nitrogens with one attached hydrogen (secondary N) is 1. The minimum atomic E-state index is -0.276. The Morgan fingerprint density at radius 3 is 2.62 bits per heavy atom. The van der Waals surface area contributed by atoms with Crippen molar-refractivity contribution in [2.24, 2.45) is 0 Å². The van der Waals surface area contributed by atoms with Crippen molar-refractivity contribution in [3.8, 4) is 0 Å². The average molecular weight is 342 g/mol. The van der Waals surface area contributed by atoms with Crippen molar-refractivity contribution in [2.45, 2.75) is 25.6 Å². The number of halogens is 1. The number of thioether (sulfide) groups is 1. The molecule has 1 amide bonds. The van der Waals surface area contributed by atoms with Crippen LogP contribution in [0.1, 0.15) is 29.0 Å². The van der Waals surface area contributed by atoms with Crippen LogP contribution >= 0.6 is 11.8 Å². The van der Waals surface area contributed by atoms with E-state index in [-0.39, 0.29) is 17.1 Å². The molecule has 1 heterocycles. The molecule has 1 fully saturated rings. The lowest BCUT2D eigenvalue weighted by Crippen LogP contribution is -2.28. The molecule has 24 heavy (non-hydrogen) atoms. The van der Waals surface area contributed by atoms with Gasteiger partial charge in [-0.2, -0.15) is 0 Å². The van der Waals surface area contributed by atoms with E-state index in [0.29, 0.717) is 17.9 Å². The van der Waals surface area contributed by atoms with E-state index in [1.54, 1.807) is 35.7 Å². The normalized spacial score (nSPS) is 17.4. The predicted octanol–water partition coefficient (Wildman–Crippen LogP) is 4.49. The molecule has 1 N–H and O–H groups in total. The van der Waals surface area contributed by atoms with Gasteiger partial charge in [0.2, 0.25) is 5.91 Å². The van der Waals surface area contributed by atoms with Gasteiger partial charge in [0.05, 0.1) is 5.75 Å². The van der Waals surface area contributed by atoms with Crippen molar-refractivity contribution in [1.29, 1.82) is 5.41 Å². The maximum absolute atomic E-state index is 13.2. The Hall–Kier alpha value is -2.14. The fraction of sp³-hybridized carbons (Fsp3) is 0.263. The second-order valence-electron chi connectivity index (χ2n) is 6.06. The maximum atomic E-state index is 13.2. The molecule has 1 unspecified atom stereocenters. The number of rotatable bonds is 4. The first-order valence-electron chi connectivity index (χ1n) is 7.78. The summed E-state index contributed by atoms with van der Waals surface area (Å²) in [5.41, 5.74) is 4.49. The van der Waals surface area contributed by atoms with E-state index < -0.39 is 0 Å². The molecule has 1 atom stereocenters. The predicted molar refractivity (Wildman–Crippen MR) is 97.4 cm³/mol. The number of amides is 1. The first-order valence-corrected chi connectivity index (χ1v) is 8.83. The minimum Gasteiger partial charge on any atom is -0.310 e. The Kier molecular flexibility index (Phi) is 4.71. The van der Waals surface area contributed by atoms with Crippen LogP contribution in [-0.2, 0) is 11.2 Å². The van der Waals surface area contributed by atoms with Crippen LogP contribution in [0.4, 0.5) is 10.1 Å². The molecule has 0 radical (unpaired) electrons. The van der Waals surface area contributed by atoms with E-state index in [4.69, 9.17) is 5.41 Å². The molecule has 3 rings (SSSR count). The van der Waals surface area contributed by atoms with E-state index in [1.165, 1.54) is 12.1 Å². The highest BCUT2D eigenvalue weighted by atomic mass is 32.2. The number of benzene rings is 2. The van der Waals surface area contributed by atoms with Crippen molar-refractivity contribution in [3.05, 3.63) is 65.0 Å². The van der Waals surface area contributed by atoms with Crippen LogP contribution in [0.2, 0.25) is 0 Å². The van der Waals surface area contributed by atoms with E-state index in [1.807, 2.05) is 25.1 Å². The Balaban J connectivity index is 1.94. The van der Waals surface area contributed by atoms with Crippen molar-refractivity contribution in [2.75, 3.05) is 10.7 Å². The number of nitrogens with zero attached hydrogens (tertiary/aromatic N) is 1. The first-order chi connectivity index (χ1) is 11.5. The summed E-state index contributed by atoms with van der Waals surface area (Å²) in [7, 11) is 0. The quantitative estimate of drug-likeness (QED) is 0.832. The third kappa shape index (κ3) is 3.36. The number of anilines is 1. The summed E-state index contributed by atoms with van der Waals surface area (Å²) in [5.74, 6) is 0.207. The van der Waals surface area contributed by atoms with Crippen LogP contribution in [-0.4, -0.2) is 17.4 Å². The van der Waals surface area contributed by atoms with Gasteiger partial charge < -0.3 is 5.41 Å². The van der Waals surface area contributed by atoms with Gasteiger partial charge in [-0.15, -0.1) is 11.8 Å². The number of hydrogen-bond donors (Lipinski definition) is 1. The Morgan fingerprint density at radius 2 is 2.00 bits per heavy atom. The van der Waals surface area contributed by atoms with Gasteiger partial charge in [-0.05, 0) is 48.7 Å². The largest absolute Gasteiger partial charge is 0.310 e. The molecule has 0 spiro atoms. The van der Waals surface area contributed by atoms with Gasteiger partial charge >= 0.3 is 0 Å². The molecule has 1 aliphatic heterocycles. The van der Waals surface area contributed by atoms with E-state index >= 15 is 0 Å². The number of carbonyl (C=O) groups is 1. The summed E-state index contributed by atoms with van der Waals surface area (Å²) in [6.07, 6.45) is 0.616. The van der Waals surface area contributed by atoms with Crippen molar-refractivity contribution in [1.82, 2.24) is 0 Å². The first kappa shape index (κ1) is 16.7. The number of hydrogen-bond acceptors (Lipinski definition) is 3. The number of carbonyl (C=O) groups excluding carboxylic acids is 1. The number of aryl methyl sites for hydroxylation is 1. The third-order valence-corrected chi connectivity index (χ3v) is 5.23. The zero-order valence-electron chi connectivity index (χ0n) is 13.7. The smallest absolute Gasteiger partial charge is 0.238 e. The summed E-state index contributed by atoms with van der Waals surface area (Å²) < 4.78 is 13.2. The lowest BCUT2D eigenvalue weighted by molar-refractivity contribution is -0.115. The van der Waals surface area contributed by atoms with Crippen molar-refractivity contribution >= 4 is 29.1 Å². The zero-order valence-corrected chi connectivity index (χ0v) is 14.5. The van der Waals surface area contributed by atoms with Gasteiger partial charge in [0.1, 0.15) is 11.2 Å². The molecule has 0 aliphatic carbocycles. The maximum Gasteiger partial charge on any atom is 0.238 e. The van der Waals surface area contributed by atoms with Gasteiger partial charge in [-0.3, -0.25) is 9.69 Å². The lowest BCUT2D eigenvalue weighted by Gasteiger charge is -2.26. The molecule has 2 aromatic rings. The van der Waals surface area contributed by atoms with E-state index in [0.717, 1.165) is 22.4 Å². The molecule has 124 valence electrons. The minimum absolute atomic E-state index is 0.0633. The fourth-order valence-corrected chi connectivity index (χ4v) is 4.13. The molecule has 3 nitrogen and oxygen atoms in total. The highest BCUT2D eigenvalue weighted by Crippen LogP contribution is 2.42. The molecular weight excluding hydrogens is 323 g/mol. The highest BCUT2D eigenvalue weighted by Gasteiger charge is 2.34. The van der Waals surface area contributed by atoms with Crippen LogP contribution in [0.3, 0.4) is 0 Å². The lowest BCUT2D eigenvalue weighted by atomic mass is 10.0. The highest BCUT2D eigenvalue weighted by molar-refractivity contribution is 8.00. The summed E-state index contributed by atoms with van der Waals surface area (Å²) >= 11 is 1.56. The zero-order chi connectivity index (χ0) is 17.3. The van der Waals surface area contributed by atoms with Crippen LogP contribution in [0, 0.1) is 18.2 Å². The SMILES string of the molecule is CC(=N)Cc1ccc(N2C(=O)CSC2c2ccc(F)cc2)c(C)c1. The molecule has 0 saturated carbocycles. The van der Waals surface area contributed by atoms with Crippen molar-refractivity contribution < 1.29 is 9.18 Å². The Labute approximate surface area is 145 Å². The Bertz CT molecular complexity index is 788. The molecule has 1 saturated heterocycles. The summed E-state index contributed by atoms with van der Waals surface area (Å²) in [6.45, 7) is 3.77. The summed E-state index contributed by atoms with van der Waals surface area (Å²) in [6, 6.07) is 12.3. The average Bonchev–Trinajstić information content (AvgIpc) is 2.89. The van der Waals surface area contributed by atoms with Crippen LogP contribution in [0.15, 0.2) is 42.5 Å². The summed E-state index contributed by atoms with van der Waals surface area (Å²) in [4.78, 5) is 14.2. The third-order valence-electron chi connectivity index (χ3n) is 4.01. The molecule has 5 heteroatoms. The molecule has 0 aromatic heterocycles. The van der Waals surface area contributed by atoms with Crippen molar-refractivity contribution in [3.63, 3.8) is 0 Å². The standard InChI is InChI=1S/C19H19FN2OS/c1-12-9-14(10-13(2)21)3-8-17(12)22-18(23)11-24-19(22)15-4-6-16(20)7-5-15/h3-9,19,21H,10-11H2,1-2H3. The molecule has 2 aromatic carbocycles. The van der Waals surface area contributed by atoms with Gasteiger partial charge in [0.25, 0.3) is 0 Å². The van der Waals surface area contributed by atoms with Crippen LogP contribution in [0.25, 0.3) is 0 Å².